The van der Waals surface area contributed by atoms with Crippen LogP contribution in [0.2, 0.25) is 0 Å². The van der Waals surface area contributed by atoms with Gasteiger partial charge in [0.15, 0.2) is 0 Å². The van der Waals surface area contributed by atoms with Crippen molar-refractivity contribution < 1.29 is 0 Å². The molecule has 1 unspecified atom stereocenters. The van der Waals surface area contributed by atoms with Gasteiger partial charge >= 0.3 is 0 Å². The molecule has 102 valence electrons. The highest BCUT2D eigenvalue weighted by Gasteiger charge is 2.06. The Labute approximate surface area is 131 Å². The number of rotatable bonds is 6. The molecule has 4 heteroatoms. The predicted octanol–water partition coefficient (Wildman–Crippen LogP) is 5.47. The van der Waals surface area contributed by atoms with E-state index in [1.807, 2.05) is 23.1 Å². The van der Waals surface area contributed by atoms with Gasteiger partial charge in [-0.2, -0.15) is 0 Å². The van der Waals surface area contributed by atoms with Crippen molar-refractivity contribution in [1.82, 2.24) is 5.32 Å². The fourth-order valence-electron chi connectivity index (χ4n) is 1.87. The van der Waals surface area contributed by atoms with Crippen molar-refractivity contribution in [3.8, 4) is 0 Å². The first-order valence-electron chi connectivity index (χ1n) is 6.38. The molecule has 2 rings (SSSR count). The molecule has 1 aromatic heterocycles. The van der Waals surface area contributed by atoms with Crippen molar-refractivity contribution in [2.45, 2.75) is 30.5 Å². The Balaban J connectivity index is 2.01. The van der Waals surface area contributed by atoms with Crippen LogP contribution in [0.15, 0.2) is 45.1 Å². The van der Waals surface area contributed by atoms with Crippen LogP contribution in [0.1, 0.15) is 30.3 Å². The van der Waals surface area contributed by atoms with E-state index in [9.17, 15) is 0 Å². The Morgan fingerprint density at radius 3 is 2.89 bits per heavy atom. The van der Waals surface area contributed by atoms with Gasteiger partial charge < -0.3 is 5.32 Å². The fourth-order valence-corrected chi connectivity index (χ4v) is 4.63. The molecule has 0 aliphatic carbocycles. The first-order chi connectivity index (χ1) is 9.20. The van der Waals surface area contributed by atoms with Crippen LogP contribution in [0.5, 0.6) is 0 Å². The minimum absolute atomic E-state index is 0.416. The van der Waals surface area contributed by atoms with Gasteiger partial charge in [-0.3, -0.25) is 0 Å². The molecule has 0 fully saturated rings. The minimum Gasteiger partial charge on any atom is -0.310 e. The summed E-state index contributed by atoms with van der Waals surface area (Å²) in [5, 5.41) is 5.58. The number of hydrogen-bond donors (Lipinski definition) is 1. The highest BCUT2D eigenvalue weighted by Crippen LogP contribution is 2.31. The second-order valence-electron chi connectivity index (χ2n) is 4.33. The summed E-state index contributed by atoms with van der Waals surface area (Å²) in [6.45, 7) is 5.35. The molecule has 1 atom stereocenters. The number of thioether (sulfide) groups is 1. The normalized spacial score (nSPS) is 12.6. The lowest BCUT2D eigenvalue weighted by atomic mass is 10.1. The molecule has 1 N–H and O–H groups in total. The Hall–Kier alpha value is -0.290. The molecular formula is C15H18BrNS2. The van der Waals surface area contributed by atoms with Gasteiger partial charge in [0.25, 0.3) is 0 Å². The van der Waals surface area contributed by atoms with Crippen LogP contribution in [0.4, 0.5) is 0 Å². The quantitative estimate of drug-likeness (QED) is 0.689. The number of hydrogen-bond acceptors (Lipinski definition) is 3. The lowest BCUT2D eigenvalue weighted by Gasteiger charge is -2.13. The summed E-state index contributed by atoms with van der Waals surface area (Å²) in [6.07, 6.45) is 0. The topological polar surface area (TPSA) is 12.0 Å². The second kappa shape index (κ2) is 7.48. The monoisotopic (exact) mass is 355 g/mol. The predicted molar refractivity (Wildman–Crippen MR) is 90.1 cm³/mol. The Bertz CT molecular complexity index is 524. The first-order valence-corrected chi connectivity index (χ1v) is 9.04. The number of nitrogens with one attached hydrogen (secondary N) is 1. The maximum atomic E-state index is 3.59. The van der Waals surface area contributed by atoms with E-state index in [0.717, 1.165) is 12.3 Å². The van der Waals surface area contributed by atoms with E-state index in [4.69, 9.17) is 0 Å². The van der Waals surface area contributed by atoms with Gasteiger partial charge in [0.05, 0.1) is 0 Å². The molecule has 1 nitrogen and oxygen atoms in total. The maximum absolute atomic E-state index is 3.59. The van der Waals surface area contributed by atoms with Crippen LogP contribution in [0, 0.1) is 0 Å². The maximum Gasteiger partial charge on any atom is 0.0337 e. The van der Waals surface area contributed by atoms with E-state index in [1.165, 1.54) is 19.8 Å². The zero-order chi connectivity index (χ0) is 13.7. The van der Waals surface area contributed by atoms with Crippen molar-refractivity contribution in [2.24, 2.45) is 0 Å². The van der Waals surface area contributed by atoms with E-state index >= 15 is 0 Å². The molecule has 0 radical (unpaired) electrons. The largest absolute Gasteiger partial charge is 0.310 e. The van der Waals surface area contributed by atoms with E-state index < -0.39 is 0 Å². The second-order valence-corrected chi connectivity index (χ2v) is 7.24. The average molecular weight is 356 g/mol. The van der Waals surface area contributed by atoms with Crippen LogP contribution in [0.25, 0.3) is 0 Å². The van der Waals surface area contributed by atoms with Crippen molar-refractivity contribution in [1.29, 1.82) is 0 Å². The lowest BCUT2D eigenvalue weighted by Crippen LogP contribution is -2.17. The molecule has 0 saturated heterocycles. The molecule has 2 aromatic rings. The molecule has 0 bridgehead atoms. The highest BCUT2D eigenvalue weighted by molar-refractivity contribution is 9.10. The van der Waals surface area contributed by atoms with Crippen LogP contribution < -0.4 is 5.32 Å². The lowest BCUT2D eigenvalue weighted by molar-refractivity contribution is 0.597. The van der Waals surface area contributed by atoms with Crippen LogP contribution in [-0.2, 0) is 5.75 Å². The number of halogens is 1. The highest BCUT2D eigenvalue weighted by atomic mass is 79.9. The van der Waals surface area contributed by atoms with Gasteiger partial charge in [-0.25, -0.2) is 0 Å². The van der Waals surface area contributed by atoms with E-state index in [1.54, 1.807) is 0 Å². The van der Waals surface area contributed by atoms with E-state index in [0.29, 0.717) is 6.04 Å². The summed E-state index contributed by atoms with van der Waals surface area (Å²) in [4.78, 5) is 2.73. The van der Waals surface area contributed by atoms with Gasteiger partial charge in [-0.15, -0.1) is 23.1 Å². The van der Waals surface area contributed by atoms with Crippen molar-refractivity contribution in [2.75, 3.05) is 6.54 Å². The molecule has 1 heterocycles. The third-order valence-electron chi connectivity index (χ3n) is 2.93. The SMILES string of the molecule is CCNC(C)c1cccc(SCc2sccc2Br)c1. The minimum atomic E-state index is 0.416. The summed E-state index contributed by atoms with van der Waals surface area (Å²) in [5.41, 5.74) is 1.36. The fraction of sp³-hybridized carbons (Fsp3) is 0.333. The van der Waals surface area contributed by atoms with Gasteiger partial charge in [0, 0.05) is 26.0 Å². The Kier molecular flexibility index (Phi) is 5.95. The van der Waals surface area contributed by atoms with Crippen molar-refractivity contribution >= 4 is 39.0 Å². The zero-order valence-corrected chi connectivity index (χ0v) is 14.4. The molecule has 0 saturated carbocycles. The smallest absolute Gasteiger partial charge is 0.0337 e. The Morgan fingerprint density at radius 2 is 2.21 bits per heavy atom. The van der Waals surface area contributed by atoms with Crippen LogP contribution >= 0.6 is 39.0 Å². The number of thiophene rings is 1. The molecule has 0 aliphatic heterocycles. The van der Waals surface area contributed by atoms with Crippen molar-refractivity contribution in [3.63, 3.8) is 0 Å². The summed E-state index contributed by atoms with van der Waals surface area (Å²) in [5.74, 6) is 1.03. The summed E-state index contributed by atoms with van der Waals surface area (Å²) in [6, 6.07) is 11.4. The van der Waals surface area contributed by atoms with E-state index in [-0.39, 0.29) is 0 Å². The van der Waals surface area contributed by atoms with E-state index in [2.05, 4.69) is 70.8 Å². The van der Waals surface area contributed by atoms with Gasteiger partial charge in [0.1, 0.15) is 0 Å². The van der Waals surface area contributed by atoms with Crippen molar-refractivity contribution in [3.05, 3.63) is 50.6 Å². The average Bonchev–Trinajstić information content (AvgIpc) is 2.82. The Morgan fingerprint density at radius 1 is 1.37 bits per heavy atom. The van der Waals surface area contributed by atoms with Gasteiger partial charge in [0.2, 0.25) is 0 Å². The third kappa shape index (κ3) is 4.35. The molecule has 1 aromatic carbocycles. The standard InChI is InChI=1S/C15H18BrNS2/c1-3-17-11(2)12-5-4-6-13(9-12)19-10-15-14(16)7-8-18-15/h4-9,11,17H,3,10H2,1-2H3. The molecule has 0 aliphatic rings. The summed E-state index contributed by atoms with van der Waals surface area (Å²) < 4.78 is 1.22. The van der Waals surface area contributed by atoms with Gasteiger partial charge in [-0.05, 0) is 58.5 Å². The molecule has 19 heavy (non-hydrogen) atoms. The van der Waals surface area contributed by atoms with Gasteiger partial charge in [-0.1, -0.05) is 19.1 Å². The van der Waals surface area contributed by atoms with Crippen LogP contribution in [-0.4, -0.2) is 6.54 Å². The summed E-state index contributed by atoms with van der Waals surface area (Å²) in [7, 11) is 0. The molecule has 0 spiro atoms. The third-order valence-corrected chi connectivity index (χ3v) is 6.06. The first kappa shape index (κ1) is 15.1. The number of benzene rings is 1. The summed E-state index contributed by atoms with van der Waals surface area (Å²) >= 11 is 7.29. The molecular weight excluding hydrogens is 338 g/mol. The van der Waals surface area contributed by atoms with Crippen LogP contribution in [0.3, 0.4) is 0 Å². The zero-order valence-electron chi connectivity index (χ0n) is 11.2. The molecule has 0 amide bonds.